The summed E-state index contributed by atoms with van der Waals surface area (Å²) in [6, 6.07) is 5.54. The number of rotatable bonds is 6. The maximum Gasteiger partial charge on any atom is 0.255 e. The fourth-order valence-electron chi connectivity index (χ4n) is 3.94. The second kappa shape index (κ2) is 9.17. The molecule has 1 fully saturated rings. The fourth-order valence-corrected chi connectivity index (χ4v) is 3.94. The second-order valence-electron chi connectivity index (χ2n) is 8.73. The van der Waals surface area contributed by atoms with Crippen LogP contribution < -0.4 is 10.1 Å². The molecule has 2 amide bonds. The Bertz CT molecular complexity index is 1210. The van der Waals surface area contributed by atoms with Crippen molar-refractivity contribution in [2.45, 2.75) is 39.3 Å². The molecule has 9 heteroatoms. The maximum atomic E-state index is 14.3. The van der Waals surface area contributed by atoms with Crippen LogP contribution in [0.4, 0.5) is 8.78 Å². The normalized spacial score (nSPS) is 16.5. The lowest BCUT2D eigenvalue weighted by Crippen LogP contribution is -2.50. The Balaban J connectivity index is 1.74. The third-order valence-corrected chi connectivity index (χ3v) is 5.61. The molecule has 174 valence electrons. The molecule has 2 heterocycles. The highest BCUT2D eigenvalue weighted by Gasteiger charge is 2.29. The molecule has 33 heavy (non-hydrogen) atoms. The van der Waals surface area contributed by atoms with E-state index in [0.717, 1.165) is 12.5 Å². The molecule has 1 saturated heterocycles. The molecule has 1 unspecified atom stereocenters. The van der Waals surface area contributed by atoms with Gasteiger partial charge in [-0.1, -0.05) is 13.8 Å². The number of likely N-dealkylation sites (N-methyl/N-ethyl adjacent to an activating group) is 1. The predicted molar refractivity (Wildman–Crippen MR) is 119 cm³/mol. The lowest BCUT2D eigenvalue weighted by atomic mass is 10.0. The molecule has 7 nitrogen and oxygen atoms in total. The number of halogens is 2. The van der Waals surface area contributed by atoms with Crippen LogP contribution in [0.5, 0.6) is 11.5 Å². The van der Waals surface area contributed by atoms with Gasteiger partial charge in [-0.05, 0) is 43.0 Å². The fraction of sp³-hybridized carbons (Fsp3) is 0.375. The number of likely N-dealkylation sites (tertiary alicyclic amines) is 1. The number of carbonyl (C=O) groups is 2. The van der Waals surface area contributed by atoms with Gasteiger partial charge in [0, 0.05) is 31.6 Å². The zero-order valence-electron chi connectivity index (χ0n) is 18.8. The SMILES string of the molecule is CC(C)Cn1ncc2cc(Oc3ccc(F)cc3F)c(C(=O)NC3CCCN(C)C3=O)cc21. The molecular formula is C24H26F2N4O3. The third kappa shape index (κ3) is 4.81. The molecule has 0 aliphatic carbocycles. The van der Waals surface area contributed by atoms with Crippen LogP contribution in [0.15, 0.2) is 36.5 Å². The van der Waals surface area contributed by atoms with Crippen molar-refractivity contribution in [1.29, 1.82) is 0 Å². The predicted octanol–water partition coefficient (Wildman–Crippen LogP) is 4.11. The van der Waals surface area contributed by atoms with Crippen LogP contribution in [0.25, 0.3) is 10.9 Å². The van der Waals surface area contributed by atoms with Crippen molar-refractivity contribution < 1.29 is 23.1 Å². The van der Waals surface area contributed by atoms with Gasteiger partial charge < -0.3 is 15.0 Å². The second-order valence-corrected chi connectivity index (χ2v) is 8.73. The first kappa shape index (κ1) is 22.7. The van der Waals surface area contributed by atoms with Crippen LogP contribution in [0.1, 0.15) is 37.0 Å². The number of nitrogens with zero attached hydrogens (tertiary/aromatic N) is 3. The Morgan fingerprint density at radius 3 is 2.76 bits per heavy atom. The number of piperidine rings is 1. The lowest BCUT2D eigenvalue weighted by molar-refractivity contribution is -0.134. The quantitative estimate of drug-likeness (QED) is 0.606. The Morgan fingerprint density at radius 2 is 2.03 bits per heavy atom. The van der Waals surface area contributed by atoms with E-state index in [9.17, 15) is 18.4 Å². The summed E-state index contributed by atoms with van der Waals surface area (Å²) in [6.07, 6.45) is 2.95. The number of carbonyl (C=O) groups excluding carboxylic acids is 2. The van der Waals surface area contributed by atoms with Gasteiger partial charge in [-0.3, -0.25) is 14.3 Å². The van der Waals surface area contributed by atoms with Crippen molar-refractivity contribution >= 4 is 22.7 Å². The van der Waals surface area contributed by atoms with Gasteiger partial charge in [0.15, 0.2) is 11.6 Å². The van der Waals surface area contributed by atoms with Gasteiger partial charge >= 0.3 is 0 Å². The summed E-state index contributed by atoms with van der Waals surface area (Å²) >= 11 is 0. The highest BCUT2D eigenvalue weighted by atomic mass is 19.1. The maximum absolute atomic E-state index is 14.3. The summed E-state index contributed by atoms with van der Waals surface area (Å²) in [5.41, 5.74) is 0.852. The molecule has 0 radical (unpaired) electrons. The summed E-state index contributed by atoms with van der Waals surface area (Å²) in [5, 5.41) is 7.89. The Hall–Kier alpha value is -3.49. The van der Waals surface area contributed by atoms with Crippen molar-refractivity contribution in [3.05, 3.63) is 53.7 Å². The summed E-state index contributed by atoms with van der Waals surface area (Å²) in [5.74, 6) is -2.10. The van der Waals surface area contributed by atoms with Crippen molar-refractivity contribution in [1.82, 2.24) is 20.0 Å². The minimum absolute atomic E-state index is 0.0891. The number of hydrogen-bond acceptors (Lipinski definition) is 4. The van der Waals surface area contributed by atoms with Crippen LogP contribution >= 0.6 is 0 Å². The van der Waals surface area contributed by atoms with Crippen LogP contribution in [-0.2, 0) is 11.3 Å². The third-order valence-electron chi connectivity index (χ3n) is 5.61. The first-order chi connectivity index (χ1) is 15.7. The summed E-state index contributed by atoms with van der Waals surface area (Å²) in [6.45, 7) is 5.40. The summed E-state index contributed by atoms with van der Waals surface area (Å²) < 4.78 is 35.1. The monoisotopic (exact) mass is 456 g/mol. The first-order valence-electron chi connectivity index (χ1n) is 10.9. The van der Waals surface area contributed by atoms with Crippen molar-refractivity contribution in [2.24, 2.45) is 5.92 Å². The van der Waals surface area contributed by atoms with Crippen LogP contribution in [0.3, 0.4) is 0 Å². The van der Waals surface area contributed by atoms with E-state index in [1.807, 2.05) is 0 Å². The van der Waals surface area contributed by atoms with E-state index in [1.165, 1.54) is 6.07 Å². The number of nitrogens with one attached hydrogen (secondary N) is 1. The molecule has 1 atom stereocenters. The van der Waals surface area contributed by atoms with E-state index in [4.69, 9.17) is 4.74 Å². The standard InChI is InChI=1S/C24H26F2N4O3/c1-14(2)13-30-20-11-17(23(31)28-19-5-4-8-29(3)24(19)32)22(9-15(20)12-27-30)33-21-7-6-16(25)10-18(21)26/h6-7,9-12,14,19H,4-5,8,13H2,1-3H3,(H,28,31). The molecular weight excluding hydrogens is 430 g/mol. The van der Waals surface area contributed by atoms with Crippen molar-refractivity contribution in [2.75, 3.05) is 13.6 Å². The molecule has 4 rings (SSSR count). The zero-order valence-corrected chi connectivity index (χ0v) is 18.8. The van der Waals surface area contributed by atoms with E-state index in [-0.39, 0.29) is 23.0 Å². The molecule has 1 aliphatic heterocycles. The van der Waals surface area contributed by atoms with E-state index < -0.39 is 23.6 Å². The number of aromatic nitrogens is 2. The van der Waals surface area contributed by atoms with E-state index in [0.29, 0.717) is 42.4 Å². The van der Waals surface area contributed by atoms with Gasteiger partial charge in [0.25, 0.3) is 5.91 Å². The molecule has 0 bridgehead atoms. The molecule has 1 N–H and O–H groups in total. The molecule has 0 saturated carbocycles. The average Bonchev–Trinajstić information content (AvgIpc) is 3.13. The molecule has 1 aromatic heterocycles. The largest absolute Gasteiger partial charge is 0.453 e. The van der Waals surface area contributed by atoms with Gasteiger partial charge in [0.05, 0.1) is 17.3 Å². The van der Waals surface area contributed by atoms with Crippen LogP contribution in [-0.4, -0.2) is 46.1 Å². The molecule has 1 aliphatic rings. The van der Waals surface area contributed by atoms with Crippen LogP contribution in [0.2, 0.25) is 0 Å². The van der Waals surface area contributed by atoms with Gasteiger partial charge in [-0.15, -0.1) is 0 Å². The Kier molecular flexibility index (Phi) is 6.31. The first-order valence-corrected chi connectivity index (χ1v) is 10.9. The number of hydrogen-bond donors (Lipinski definition) is 1. The zero-order chi connectivity index (χ0) is 23.7. The number of fused-ring (bicyclic) bond motifs is 1. The molecule has 3 aromatic rings. The topological polar surface area (TPSA) is 76.5 Å². The smallest absolute Gasteiger partial charge is 0.255 e. The molecule has 2 aromatic carbocycles. The van der Waals surface area contributed by atoms with Gasteiger partial charge in [-0.25, -0.2) is 8.78 Å². The number of amides is 2. The minimum Gasteiger partial charge on any atom is -0.453 e. The minimum atomic E-state index is -0.888. The lowest BCUT2D eigenvalue weighted by Gasteiger charge is -2.29. The number of ether oxygens (including phenoxy) is 1. The highest BCUT2D eigenvalue weighted by molar-refractivity contribution is 6.03. The Labute approximate surface area is 190 Å². The summed E-state index contributed by atoms with van der Waals surface area (Å²) in [7, 11) is 1.70. The summed E-state index contributed by atoms with van der Waals surface area (Å²) in [4.78, 5) is 27.3. The Morgan fingerprint density at radius 1 is 1.24 bits per heavy atom. The van der Waals surface area contributed by atoms with Gasteiger partial charge in [-0.2, -0.15) is 5.10 Å². The average molecular weight is 456 g/mol. The van der Waals surface area contributed by atoms with E-state index >= 15 is 0 Å². The van der Waals surface area contributed by atoms with E-state index in [2.05, 4.69) is 24.3 Å². The van der Waals surface area contributed by atoms with Crippen molar-refractivity contribution in [3.8, 4) is 11.5 Å². The van der Waals surface area contributed by atoms with Gasteiger partial charge in [0.1, 0.15) is 17.6 Å². The van der Waals surface area contributed by atoms with Crippen LogP contribution in [0, 0.1) is 17.6 Å². The van der Waals surface area contributed by atoms with Gasteiger partial charge in [0.2, 0.25) is 5.91 Å². The highest BCUT2D eigenvalue weighted by Crippen LogP contribution is 2.32. The molecule has 0 spiro atoms. The van der Waals surface area contributed by atoms with Crippen molar-refractivity contribution in [3.63, 3.8) is 0 Å². The van der Waals surface area contributed by atoms with E-state index in [1.54, 1.807) is 35.0 Å². The number of benzene rings is 2.